The van der Waals surface area contributed by atoms with Crippen molar-refractivity contribution in [3.8, 4) is 22.5 Å². The highest BCUT2D eigenvalue weighted by Gasteiger charge is 2.30. The van der Waals surface area contributed by atoms with Gasteiger partial charge in [-0.15, -0.1) is 10.2 Å². The number of aromatic nitrogens is 6. The summed E-state index contributed by atoms with van der Waals surface area (Å²) in [7, 11) is 0. The number of fused-ring (bicyclic) bond motifs is 1. The summed E-state index contributed by atoms with van der Waals surface area (Å²) >= 11 is 0. The Morgan fingerprint density at radius 1 is 0.939 bits per heavy atom. The van der Waals surface area contributed by atoms with E-state index in [1.54, 1.807) is 24.3 Å². The number of H-pyrrole nitrogens is 2. The van der Waals surface area contributed by atoms with Gasteiger partial charge in [0, 0.05) is 53.5 Å². The summed E-state index contributed by atoms with van der Waals surface area (Å²) in [6.07, 6.45) is 6.50. The Bertz CT molecular complexity index is 1870. The molecule has 0 spiro atoms. The van der Waals surface area contributed by atoms with Crippen molar-refractivity contribution in [2.75, 3.05) is 11.9 Å². The van der Waals surface area contributed by atoms with Gasteiger partial charge in [-0.1, -0.05) is 24.3 Å². The minimum atomic E-state index is -0.806. The summed E-state index contributed by atoms with van der Waals surface area (Å²) in [6, 6.07) is 18.3. The van der Waals surface area contributed by atoms with Gasteiger partial charge in [-0.2, -0.15) is 5.21 Å². The van der Waals surface area contributed by atoms with Gasteiger partial charge in [-0.3, -0.25) is 9.59 Å². The van der Waals surface area contributed by atoms with E-state index in [4.69, 9.17) is 4.74 Å². The molecule has 1 aliphatic rings. The van der Waals surface area contributed by atoms with Gasteiger partial charge in [0.1, 0.15) is 17.3 Å². The molecule has 1 fully saturated rings. The number of pyridine rings is 1. The Kier molecular flexibility index (Phi) is 9.97. The number of nitrogens with one attached hydrogen (secondary N) is 5. The van der Waals surface area contributed by atoms with Gasteiger partial charge >= 0.3 is 6.09 Å². The van der Waals surface area contributed by atoms with E-state index in [1.807, 2.05) is 63.5 Å². The number of ether oxygens (including phenoxy) is 1. The molecule has 0 radical (unpaired) electrons. The van der Waals surface area contributed by atoms with E-state index in [0.29, 0.717) is 37.3 Å². The summed E-state index contributed by atoms with van der Waals surface area (Å²) in [5, 5.41) is 23.9. The van der Waals surface area contributed by atoms with E-state index in [1.165, 1.54) is 0 Å². The molecule has 3 heterocycles. The van der Waals surface area contributed by atoms with Gasteiger partial charge < -0.3 is 25.7 Å². The number of carbonyl (C=O) groups excluding carboxylic acids is 3. The average molecular weight is 664 g/mol. The van der Waals surface area contributed by atoms with Crippen LogP contribution in [0.2, 0.25) is 0 Å². The Balaban J connectivity index is 1.11. The summed E-state index contributed by atoms with van der Waals surface area (Å²) in [4.78, 5) is 47.0. The topological polar surface area (TPSA) is 180 Å². The van der Waals surface area contributed by atoms with Crippen LogP contribution >= 0.6 is 0 Å². The highest BCUT2D eigenvalue weighted by atomic mass is 16.6. The zero-order valence-electron chi connectivity index (χ0n) is 27.8. The molecule has 0 saturated heterocycles. The molecule has 1 atom stereocenters. The molecule has 1 saturated carbocycles. The first-order valence-electron chi connectivity index (χ1n) is 16.5. The first-order chi connectivity index (χ1) is 23.6. The fraction of sp³-hybridized carbons (Fsp3) is 0.361. The molecule has 2 aromatic carbocycles. The number of rotatable bonds is 10. The summed E-state index contributed by atoms with van der Waals surface area (Å²) in [6.45, 7) is 5.99. The number of benzene rings is 2. The highest BCUT2D eigenvalue weighted by Crippen LogP contribution is 2.29. The molecule has 1 aliphatic carbocycles. The molecule has 0 aliphatic heterocycles. The normalized spacial score (nSPS) is 16.9. The minimum Gasteiger partial charge on any atom is -0.444 e. The number of amides is 3. The maximum Gasteiger partial charge on any atom is 0.407 e. The zero-order chi connectivity index (χ0) is 34.4. The van der Waals surface area contributed by atoms with Gasteiger partial charge in [0.05, 0.1) is 0 Å². The van der Waals surface area contributed by atoms with Gasteiger partial charge in [0.15, 0.2) is 0 Å². The number of hydrogen-bond acceptors (Lipinski definition) is 8. The average Bonchev–Trinajstić information content (AvgIpc) is 3.80. The predicted molar refractivity (Wildman–Crippen MR) is 185 cm³/mol. The lowest BCUT2D eigenvalue weighted by Gasteiger charge is -2.29. The van der Waals surface area contributed by atoms with E-state index in [9.17, 15) is 14.4 Å². The van der Waals surface area contributed by atoms with Gasteiger partial charge in [0.2, 0.25) is 17.6 Å². The van der Waals surface area contributed by atoms with Crippen molar-refractivity contribution in [3.05, 3.63) is 78.6 Å². The van der Waals surface area contributed by atoms with Crippen LogP contribution in [0.25, 0.3) is 33.5 Å². The fourth-order valence-corrected chi connectivity index (χ4v) is 6.05. The van der Waals surface area contributed by atoms with Crippen LogP contribution in [0.4, 0.5) is 10.5 Å². The van der Waals surface area contributed by atoms with Crippen molar-refractivity contribution in [1.82, 2.24) is 41.2 Å². The monoisotopic (exact) mass is 663 g/mol. The van der Waals surface area contributed by atoms with Crippen molar-refractivity contribution in [2.24, 2.45) is 11.8 Å². The van der Waals surface area contributed by atoms with Crippen LogP contribution in [0.1, 0.15) is 52.0 Å². The van der Waals surface area contributed by atoms with Crippen LogP contribution < -0.4 is 16.0 Å². The maximum atomic E-state index is 13.7. The number of alkyl carbamates (subject to hydrolysis) is 1. The zero-order valence-corrected chi connectivity index (χ0v) is 27.8. The number of tetrazole rings is 1. The molecular weight excluding hydrogens is 622 g/mol. The SMILES string of the molecule is CC(C)(C)OC(=O)NCC1CCC(C(=O)N[C@@H](Cc2ccc(-c3cnc4[nH]ccc4c3)cc2)C(=O)Nc2ccc(-c3nn[nH]n3)cc2)CC1. The third kappa shape index (κ3) is 8.86. The molecule has 5 aromatic rings. The second kappa shape index (κ2) is 14.7. The summed E-state index contributed by atoms with van der Waals surface area (Å²) in [5.74, 6) is 0.0275. The number of hydrogen-bond donors (Lipinski definition) is 5. The molecule has 49 heavy (non-hydrogen) atoms. The molecular formula is C36H41N9O4. The summed E-state index contributed by atoms with van der Waals surface area (Å²) < 4.78 is 5.34. The van der Waals surface area contributed by atoms with Crippen LogP contribution in [0, 0.1) is 11.8 Å². The molecule has 6 rings (SSSR count). The maximum absolute atomic E-state index is 13.7. The molecule has 5 N–H and O–H groups in total. The minimum absolute atomic E-state index is 0.145. The lowest BCUT2D eigenvalue weighted by molar-refractivity contribution is -0.130. The molecule has 3 amide bonds. The van der Waals surface area contributed by atoms with E-state index in [0.717, 1.165) is 46.1 Å². The number of carbonyl (C=O) groups is 3. The standard InChI is InChI=1S/C36H41N9O4/c1-36(2,3)49-35(48)39-20-23-6-10-26(11-7-23)33(46)41-30(34(47)40-29-14-12-25(13-15-29)32-42-44-45-43-32)18-22-4-8-24(9-5-22)28-19-27-16-17-37-31(27)38-21-28/h4-5,8-9,12-17,19,21,23,26,30H,6-7,10-11,18,20H2,1-3H3,(H,37,38)(H,39,48)(H,40,47)(H,41,46)(H,42,43,44,45)/t23?,26?,30-/m0/s1. The molecule has 0 bridgehead atoms. The molecule has 13 nitrogen and oxygen atoms in total. The summed E-state index contributed by atoms with van der Waals surface area (Å²) in [5.41, 5.74) is 4.51. The predicted octanol–water partition coefficient (Wildman–Crippen LogP) is 5.41. The van der Waals surface area contributed by atoms with Crippen LogP contribution in [0.3, 0.4) is 0 Å². The Morgan fingerprint density at radius 3 is 2.37 bits per heavy atom. The van der Waals surface area contributed by atoms with E-state index in [2.05, 4.69) is 52.6 Å². The van der Waals surface area contributed by atoms with Crippen LogP contribution in [0.15, 0.2) is 73.1 Å². The lowest BCUT2D eigenvalue weighted by atomic mass is 9.81. The van der Waals surface area contributed by atoms with Gasteiger partial charge in [0.25, 0.3) is 0 Å². The Hall–Kier alpha value is -5.59. The van der Waals surface area contributed by atoms with Crippen molar-refractivity contribution in [2.45, 2.75) is 64.5 Å². The fourth-order valence-electron chi connectivity index (χ4n) is 6.05. The molecule has 3 aromatic heterocycles. The van der Waals surface area contributed by atoms with Crippen LogP contribution in [0.5, 0.6) is 0 Å². The van der Waals surface area contributed by atoms with E-state index < -0.39 is 17.7 Å². The van der Waals surface area contributed by atoms with Crippen molar-refractivity contribution in [1.29, 1.82) is 0 Å². The first kappa shape index (κ1) is 33.3. The first-order valence-corrected chi connectivity index (χ1v) is 16.5. The Labute approximate surface area is 284 Å². The van der Waals surface area contributed by atoms with Gasteiger partial charge in [-0.25, -0.2) is 9.78 Å². The van der Waals surface area contributed by atoms with Crippen molar-refractivity contribution in [3.63, 3.8) is 0 Å². The third-order valence-corrected chi connectivity index (χ3v) is 8.67. The largest absolute Gasteiger partial charge is 0.444 e. The smallest absolute Gasteiger partial charge is 0.407 e. The lowest BCUT2D eigenvalue weighted by Crippen LogP contribution is -2.48. The number of anilines is 1. The third-order valence-electron chi connectivity index (χ3n) is 8.67. The Morgan fingerprint density at radius 2 is 1.67 bits per heavy atom. The van der Waals surface area contributed by atoms with Crippen molar-refractivity contribution < 1.29 is 19.1 Å². The molecule has 13 heteroatoms. The highest BCUT2D eigenvalue weighted by molar-refractivity contribution is 5.97. The van der Waals surface area contributed by atoms with E-state index in [-0.39, 0.29) is 23.7 Å². The second-order valence-corrected chi connectivity index (χ2v) is 13.5. The molecule has 254 valence electrons. The quantitative estimate of drug-likeness (QED) is 0.132. The number of nitrogens with zero attached hydrogens (tertiary/aromatic N) is 4. The number of aromatic amines is 2. The van der Waals surface area contributed by atoms with Crippen LogP contribution in [-0.2, 0) is 20.7 Å². The van der Waals surface area contributed by atoms with E-state index >= 15 is 0 Å². The van der Waals surface area contributed by atoms with Gasteiger partial charge in [-0.05, 0) is 105 Å². The second-order valence-electron chi connectivity index (χ2n) is 13.5. The molecule has 0 unspecified atom stereocenters. The van der Waals surface area contributed by atoms with Crippen molar-refractivity contribution >= 4 is 34.6 Å². The van der Waals surface area contributed by atoms with Crippen LogP contribution in [-0.4, -0.2) is 66.7 Å².